The number of aryl methyl sites for hydroxylation is 1. The summed E-state index contributed by atoms with van der Waals surface area (Å²) in [6.07, 6.45) is 3.85. The molecule has 3 N–H and O–H groups in total. The van der Waals surface area contributed by atoms with E-state index in [1.165, 1.54) is 41.9 Å². The molecule has 1 aliphatic heterocycles. The zero-order valence-corrected chi connectivity index (χ0v) is 11.3. The number of hydrogen-bond acceptors (Lipinski definition) is 3. The summed E-state index contributed by atoms with van der Waals surface area (Å²) in [5, 5.41) is 0. The monoisotopic (exact) mass is 250 g/mol. The standard InChI is InChI=1S/C14H22N2S/c1-11-4-2-3-5-13(11)14(16-15)10-12-6-8-17-9-7-12/h2-5,12,14,16H,6-10,15H2,1H3. The first-order valence-corrected chi connectivity index (χ1v) is 7.56. The summed E-state index contributed by atoms with van der Waals surface area (Å²) in [5.41, 5.74) is 5.69. The van der Waals surface area contributed by atoms with Gasteiger partial charge in [0, 0.05) is 6.04 Å². The van der Waals surface area contributed by atoms with Crippen LogP contribution in [0, 0.1) is 12.8 Å². The van der Waals surface area contributed by atoms with Crippen LogP contribution in [0.3, 0.4) is 0 Å². The Balaban J connectivity index is 2.03. The molecule has 1 atom stereocenters. The fourth-order valence-corrected chi connectivity index (χ4v) is 3.78. The molecule has 0 radical (unpaired) electrons. The van der Waals surface area contributed by atoms with Gasteiger partial charge in [0.05, 0.1) is 0 Å². The molecule has 2 rings (SSSR count). The van der Waals surface area contributed by atoms with Crippen LogP contribution in [0.2, 0.25) is 0 Å². The van der Waals surface area contributed by atoms with Crippen LogP contribution >= 0.6 is 11.8 Å². The number of hydrazine groups is 1. The molecule has 2 nitrogen and oxygen atoms in total. The lowest BCUT2D eigenvalue weighted by Gasteiger charge is -2.27. The minimum absolute atomic E-state index is 0.310. The Bertz CT molecular complexity index is 348. The smallest absolute Gasteiger partial charge is 0.0465 e. The lowest BCUT2D eigenvalue weighted by Crippen LogP contribution is -2.31. The van der Waals surface area contributed by atoms with Crippen LogP contribution in [0.1, 0.15) is 36.4 Å². The molecule has 0 aromatic heterocycles. The van der Waals surface area contributed by atoms with Gasteiger partial charge in [0.25, 0.3) is 0 Å². The minimum atomic E-state index is 0.310. The Hall–Kier alpha value is -0.510. The highest BCUT2D eigenvalue weighted by molar-refractivity contribution is 7.99. The van der Waals surface area contributed by atoms with E-state index in [4.69, 9.17) is 5.84 Å². The van der Waals surface area contributed by atoms with Gasteiger partial charge in [0.2, 0.25) is 0 Å². The number of benzene rings is 1. The van der Waals surface area contributed by atoms with Crippen LogP contribution in [0.15, 0.2) is 24.3 Å². The second kappa shape index (κ2) is 6.43. The van der Waals surface area contributed by atoms with Crippen molar-refractivity contribution in [1.29, 1.82) is 0 Å². The maximum absolute atomic E-state index is 5.74. The van der Waals surface area contributed by atoms with Gasteiger partial charge in [-0.25, -0.2) is 0 Å². The molecule has 0 saturated carbocycles. The molecule has 1 fully saturated rings. The Morgan fingerprint density at radius 3 is 2.71 bits per heavy atom. The molecule has 1 aromatic rings. The minimum Gasteiger partial charge on any atom is -0.271 e. The van der Waals surface area contributed by atoms with Crippen molar-refractivity contribution in [1.82, 2.24) is 5.43 Å². The van der Waals surface area contributed by atoms with Gasteiger partial charge in [-0.05, 0) is 54.7 Å². The largest absolute Gasteiger partial charge is 0.271 e. The first-order valence-electron chi connectivity index (χ1n) is 6.40. The van der Waals surface area contributed by atoms with Crippen LogP contribution in [0.25, 0.3) is 0 Å². The molecule has 1 saturated heterocycles. The average molecular weight is 250 g/mol. The van der Waals surface area contributed by atoms with Gasteiger partial charge in [-0.2, -0.15) is 11.8 Å². The van der Waals surface area contributed by atoms with Crippen LogP contribution in [0.5, 0.6) is 0 Å². The molecule has 1 aliphatic rings. The van der Waals surface area contributed by atoms with Crippen LogP contribution in [-0.2, 0) is 0 Å². The Morgan fingerprint density at radius 2 is 2.06 bits per heavy atom. The molecule has 94 valence electrons. The van der Waals surface area contributed by atoms with Gasteiger partial charge >= 0.3 is 0 Å². The highest BCUT2D eigenvalue weighted by Crippen LogP contribution is 2.31. The third kappa shape index (κ3) is 3.47. The summed E-state index contributed by atoms with van der Waals surface area (Å²) in [6, 6.07) is 8.85. The lowest BCUT2D eigenvalue weighted by molar-refractivity contribution is 0.373. The van der Waals surface area contributed by atoms with Gasteiger partial charge in [0.1, 0.15) is 0 Å². The summed E-state index contributed by atoms with van der Waals surface area (Å²) in [6.45, 7) is 2.16. The molecule has 3 heteroatoms. The zero-order chi connectivity index (χ0) is 12.1. The molecule has 0 spiro atoms. The van der Waals surface area contributed by atoms with Crippen molar-refractivity contribution in [3.63, 3.8) is 0 Å². The zero-order valence-electron chi connectivity index (χ0n) is 10.5. The molecule has 1 heterocycles. The molecule has 0 aliphatic carbocycles. The lowest BCUT2D eigenvalue weighted by atomic mass is 9.89. The third-order valence-corrected chi connectivity index (χ3v) is 4.72. The molecular formula is C14H22N2S. The first kappa shape index (κ1) is 12.9. The molecule has 0 amide bonds. The summed E-state index contributed by atoms with van der Waals surface area (Å²) in [5.74, 6) is 9.20. The van der Waals surface area contributed by atoms with Gasteiger partial charge in [0.15, 0.2) is 0 Å². The first-order chi connectivity index (χ1) is 8.31. The third-order valence-electron chi connectivity index (χ3n) is 3.67. The fraction of sp³-hybridized carbons (Fsp3) is 0.571. The highest BCUT2D eigenvalue weighted by Gasteiger charge is 2.20. The second-order valence-electron chi connectivity index (χ2n) is 4.87. The van der Waals surface area contributed by atoms with Crippen molar-refractivity contribution in [3.8, 4) is 0 Å². The number of nitrogens with two attached hydrogens (primary N) is 1. The van der Waals surface area contributed by atoms with Crippen molar-refractivity contribution in [2.75, 3.05) is 11.5 Å². The molecular weight excluding hydrogens is 228 g/mol. The van der Waals surface area contributed by atoms with Crippen molar-refractivity contribution in [2.45, 2.75) is 32.2 Å². The predicted molar refractivity (Wildman–Crippen MR) is 75.9 cm³/mol. The van der Waals surface area contributed by atoms with Crippen LogP contribution < -0.4 is 11.3 Å². The Labute approximate surface area is 108 Å². The maximum atomic E-state index is 5.74. The van der Waals surface area contributed by atoms with Crippen LogP contribution in [0.4, 0.5) is 0 Å². The summed E-state index contributed by atoms with van der Waals surface area (Å²) in [7, 11) is 0. The normalized spacial score (nSPS) is 19.2. The van der Waals surface area contributed by atoms with Crippen molar-refractivity contribution >= 4 is 11.8 Å². The molecule has 17 heavy (non-hydrogen) atoms. The fourth-order valence-electron chi connectivity index (χ4n) is 2.58. The average Bonchev–Trinajstić information content (AvgIpc) is 2.38. The second-order valence-corrected chi connectivity index (χ2v) is 6.09. The Morgan fingerprint density at radius 1 is 1.35 bits per heavy atom. The van der Waals surface area contributed by atoms with E-state index in [1.54, 1.807) is 0 Å². The van der Waals surface area contributed by atoms with E-state index in [2.05, 4.69) is 48.4 Å². The van der Waals surface area contributed by atoms with Crippen molar-refractivity contribution < 1.29 is 0 Å². The van der Waals surface area contributed by atoms with E-state index in [9.17, 15) is 0 Å². The summed E-state index contributed by atoms with van der Waals surface area (Å²) < 4.78 is 0. The van der Waals surface area contributed by atoms with Crippen LogP contribution in [-0.4, -0.2) is 11.5 Å². The van der Waals surface area contributed by atoms with Gasteiger partial charge in [-0.1, -0.05) is 24.3 Å². The topological polar surface area (TPSA) is 38.0 Å². The van der Waals surface area contributed by atoms with Crippen molar-refractivity contribution in [2.24, 2.45) is 11.8 Å². The number of rotatable bonds is 4. The SMILES string of the molecule is Cc1ccccc1C(CC1CCSCC1)NN. The number of nitrogens with one attached hydrogen (secondary N) is 1. The van der Waals surface area contributed by atoms with E-state index < -0.39 is 0 Å². The van der Waals surface area contributed by atoms with Gasteiger partial charge < -0.3 is 0 Å². The Kier molecular flexibility index (Phi) is 4.89. The molecule has 1 unspecified atom stereocenters. The van der Waals surface area contributed by atoms with E-state index >= 15 is 0 Å². The molecule has 0 bridgehead atoms. The maximum Gasteiger partial charge on any atom is 0.0465 e. The van der Waals surface area contributed by atoms with Crippen molar-refractivity contribution in [3.05, 3.63) is 35.4 Å². The summed E-state index contributed by atoms with van der Waals surface area (Å²) in [4.78, 5) is 0. The quantitative estimate of drug-likeness (QED) is 0.637. The van der Waals surface area contributed by atoms with Gasteiger partial charge in [-0.15, -0.1) is 0 Å². The highest BCUT2D eigenvalue weighted by atomic mass is 32.2. The predicted octanol–water partition coefficient (Wildman–Crippen LogP) is 3.03. The van der Waals surface area contributed by atoms with E-state index in [0.29, 0.717) is 6.04 Å². The number of thioether (sulfide) groups is 1. The van der Waals surface area contributed by atoms with Gasteiger partial charge in [-0.3, -0.25) is 11.3 Å². The molecule has 1 aromatic carbocycles. The van der Waals surface area contributed by atoms with E-state index in [0.717, 1.165) is 5.92 Å². The number of hydrogen-bond donors (Lipinski definition) is 2. The van der Waals surface area contributed by atoms with E-state index in [-0.39, 0.29) is 0 Å². The summed E-state index contributed by atoms with van der Waals surface area (Å²) >= 11 is 2.08. The van der Waals surface area contributed by atoms with E-state index in [1.807, 2.05) is 0 Å².